The van der Waals surface area contributed by atoms with Crippen LogP contribution < -0.4 is 4.72 Å². The van der Waals surface area contributed by atoms with E-state index in [1.54, 1.807) is 6.92 Å². The van der Waals surface area contributed by atoms with Crippen LogP contribution in [0.1, 0.15) is 26.5 Å². The molecule has 0 aliphatic rings. The lowest BCUT2D eigenvalue weighted by atomic mass is 10.1. The van der Waals surface area contributed by atoms with Gasteiger partial charge < -0.3 is 4.74 Å². The normalized spacial score (nSPS) is 12.9. The average Bonchev–Trinajstić information content (AvgIpc) is 2.56. The Morgan fingerprint density at radius 3 is 2.56 bits per heavy atom. The molecule has 0 radical (unpaired) electrons. The third-order valence-corrected chi connectivity index (χ3v) is 5.47. The van der Waals surface area contributed by atoms with E-state index in [0.717, 1.165) is 11.3 Å². The molecule has 0 saturated carbocycles. The van der Waals surface area contributed by atoms with Gasteiger partial charge in [0.15, 0.2) is 8.68 Å². The van der Waals surface area contributed by atoms with E-state index >= 15 is 0 Å². The molecule has 0 unspecified atom stereocenters. The molecule has 104 valence electrons. The number of aryl methyl sites for hydroxylation is 1. The number of hydrogen-bond donors (Lipinski definition) is 1. The first kappa shape index (κ1) is 15.8. The summed E-state index contributed by atoms with van der Waals surface area (Å²) in [7, 11) is -3.58. The van der Waals surface area contributed by atoms with E-state index in [4.69, 9.17) is 16.3 Å². The van der Waals surface area contributed by atoms with Gasteiger partial charge in [0.1, 0.15) is 0 Å². The minimum absolute atomic E-state index is 0.153. The molecule has 1 aromatic heterocycles. The summed E-state index contributed by atoms with van der Waals surface area (Å²) in [5.41, 5.74) is -0.142. The summed E-state index contributed by atoms with van der Waals surface area (Å²) in [4.78, 5) is 3.89. The van der Waals surface area contributed by atoms with Gasteiger partial charge >= 0.3 is 0 Å². The average molecular weight is 313 g/mol. The van der Waals surface area contributed by atoms with E-state index in [0.29, 0.717) is 12.3 Å². The van der Waals surface area contributed by atoms with Crippen LogP contribution in [-0.2, 0) is 14.8 Å². The maximum atomic E-state index is 12.1. The fraction of sp³-hybridized carbons (Fsp3) is 0.700. The number of rotatable bonds is 6. The maximum Gasteiger partial charge on any atom is 0.252 e. The van der Waals surface area contributed by atoms with E-state index in [2.05, 4.69) is 9.71 Å². The molecule has 0 aliphatic carbocycles. The molecule has 1 heterocycles. The van der Waals surface area contributed by atoms with E-state index in [9.17, 15) is 8.42 Å². The molecule has 0 bridgehead atoms. The van der Waals surface area contributed by atoms with E-state index in [1.807, 2.05) is 20.8 Å². The van der Waals surface area contributed by atoms with E-state index in [1.165, 1.54) is 0 Å². The zero-order valence-electron chi connectivity index (χ0n) is 10.8. The van der Waals surface area contributed by atoms with Crippen LogP contribution in [0, 0.1) is 6.92 Å². The third-order valence-electron chi connectivity index (χ3n) is 2.19. The minimum atomic E-state index is -3.58. The van der Waals surface area contributed by atoms with Gasteiger partial charge in [-0.05, 0) is 27.7 Å². The van der Waals surface area contributed by atoms with Crippen molar-refractivity contribution >= 4 is 33.0 Å². The second-order valence-corrected chi connectivity index (χ2v) is 7.90. The Balaban J connectivity index is 2.81. The van der Waals surface area contributed by atoms with Gasteiger partial charge in [-0.15, -0.1) is 0 Å². The number of ether oxygens (including phenoxy) is 1. The first-order valence-electron chi connectivity index (χ1n) is 5.44. The third kappa shape index (κ3) is 4.17. The number of sulfonamides is 1. The number of nitrogens with zero attached hydrogens (tertiary/aromatic N) is 1. The van der Waals surface area contributed by atoms with Crippen LogP contribution in [0.2, 0.25) is 4.47 Å². The lowest BCUT2D eigenvalue weighted by Crippen LogP contribution is -2.40. The van der Waals surface area contributed by atoms with Crippen molar-refractivity contribution in [3.05, 3.63) is 10.2 Å². The standard InChI is InChI=1S/C10H17ClN2O3S2/c1-5-16-10(3,4)6-12-18(14,15)8-7(2)13-9(11)17-8/h12H,5-6H2,1-4H3. The molecule has 5 nitrogen and oxygen atoms in total. The van der Waals surface area contributed by atoms with Gasteiger partial charge in [0, 0.05) is 13.2 Å². The fourth-order valence-corrected chi connectivity index (χ4v) is 4.36. The van der Waals surface area contributed by atoms with Gasteiger partial charge in [-0.1, -0.05) is 22.9 Å². The van der Waals surface area contributed by atoms with Gasteiger partial charge in [-0.25, -0.2) is 18.1 Å². The highest BCUT2D eigenvalue weighted by molar-refractivity contribution is 7.91. The van der Waals surface area contributed by atoms with Gasteiger partial charge in [0.25, 0.3) is 10.0 Å². The van der Waals surface area contributed by atoms with Crippen molar-refractivity contribution in [2.45, 2.75) is 37.5 Å². The quantitative estimate of drug-likeness (QED) is 0.874. The molecule has 0 aliphatic heterocycles. The van der Waals surface area contributed by atoms with Crippen LogP contribution >= 0.6 is 22.9 Å². The lowest BCUT2D eigenvalue weighted by molar-refractivity contribution is -0.00514. The molecule has 18 heavy (non-hydrogen) atoms. The maximum absolute atomic E-state index is 12.1. The van der Waals surface area contributed by atoms with Crippen LogP contribution in [0.5, 0.6) is 0 Å². The van der Waals surface area contributed by atoms with Gasteiger partial charge in [0.2, 0.25) is 0 Å². The zero-order chi connectivity index (χ0) is 14.0. The molecule has 1 rings (SSSR count). The summed E-state index contributed by atoms with van der Waals surface area (Å²) in [6.07, 6.45) is 0. The lowest BCUT2D eigenvalue weighted by Gasteiger charge is -2.24. The monoisotopic (exact) mass is 312 g/mol. The van der Waals surface area contributed by atoms with Crippen LogP contribution in [0.25, 0.3) is 0 Å². The molecule has 8 heteroatoms. The Bertz CT molecular complexity index is 511. The van der Waals surface area contributed by atoms with Crippen molar-refractivity contribution in [3.63, 3.8) is 0 Å². The fourth-order valence-electron chi connectivity index (χ4n) is 1.38. The number of halogens is 1. The van der Waals surface area contributed by atoms with Crippen molar-refractivity contribution in [3.8, 4) is 0 Å². The van der Waals surface area contributed by atoms with Crippen LogP contribution in [0.4, 0.5) is 0 Å². The van der Waals surface area contributed by atoms with Crippen LogP contribution in [-0.4, -0.2) is 32.2 Å². The van der Waals surface area contributed by atoms with Gasteiger partial charge in [0.05, 0.1) is 11.3 Å². The number of aromatic nitrogens is 1. The minimum Gasteiger partial charge on any atom is -0.375 e. The summed E-state index contributed by atoms with van der Waals surface area (Å²) < 4.78 is 32.4. The molecule has 0 atom stereocenters. The summed E-state index contributed by atoms with van der Waals surface area (Å²) in [5.74, 6) is 0. The molecule has 0 aromatic carbocycles. The Labute approximate surface area is 117 Å². The Hall–Kier alpha value is -0.210. The van der Waals surface area contributed by atoms with Crippen molar-refractivity contribution in [2.24, 2.45) is 0 Å². The van der Waals surface area contributed by atoms with Gasteiger partial charge in [-0.2, -0.15) is 0 Å². The molecule has 0 spiro atoms. The highest BCUT2D eigenvalue weighted by atomic mass is 35.5. The highest BCUT2D eigenvalue weighted by Crippen LogP contribution is 2.26. The van der Waals surface area contributed by atoms with Crippen molar-refractivity contribution in [1.82, 2.24) is 9.71 Å². The smallest absolute Gasteiger partial charge is 0.252 e. The zero-order valence-corrected chi connectivity index (χ0v) is 13.2. The van der Waals surface area contributed by atoms with E-state index in [-0.39, 0.29) is 15.2 Å². The highest BCUT2D eigenvalue weighted by Gasteiger charge is 2.25. The molecule has 1 aromatic rings. The number of thiazole rings is 1. The Morgan fingerprint density at radius 2 is 2.11 bits per heavy atom. The molecule has 0 fully saturated rings. The number of hydrogen-bond acceptors (Lipinski definition) is 5. The van der Waals surface area contributed by atoms with Crippen LogP contribution in [0.3, 0.4) is 0 Å². The largest absolute Gasteiger partial charge is 0.375 e. The van der Waals surface area contributed by atoms with Crippen molar-refractivity contribution in [1.29, 1.82) is 0 Å². The molecule has 0 amide bonds. The summed E-state index contributed by atoms with van der Waals surface area (Å²) in [6.45, 7) is 7.85. The predicted molar refractivity (Wildman–Crippen MR) is 72.8 cm³/mol. The van der Waals surface area contributed by atoms with Crippen molar-refractivity contribution in [2.75, 3.05) is 13.2 Å². The summed E-state index contributed by atoms with van der Waals surface area (Å²) in [6, 6.07) is 0. The summed E-state index contributed by atoms with van der Waals surface area (Å²) >= 11 is 6.65. The van der Waals surface area contributed by atoms with Crippen LogP contribution in [0.15, 0.2) is 4.21 Å². The topological polar surface area (TPSA) is 68.3 Å². The van der Waals surface area contributed by atoms with E-state index < -0.39 is 15.6 Å². The number of nitrogens with one attached hydrogen (secondary N) is 1. The molecule has 1 N–H and O–H groups in total. The first-order chi connectivity index (χ1) is 8.18. The predicted octanol–water partition coefficient (Wildman–Crippen LogP) is 2.20. The second kappa shape index (κ2) is 5.83. The first-order valence-corrected chi connectivity index (χ1v) is 8.12. The SMILES string of the molecule is CCOC(C)(C)CNS(=O)(=O)c1sc(Cl)nc1C. The second-order valence-electron chi connectivity index (χ2n) is 4.36. The molecular weight excluding hydrogens is 296 g/mol. The molecule has 0 saturated heterocycles. The van der Waals surface area contributed by atoms with Gasteiger partial charge in [-0.3, -0.25) is 0 Å². The Kier molecular flexibility index (Phi) is 5.13. The Morgan fingerprint density at radius 1 is 1.50 bits per heavy atom. The summed E-state index contributed by atoms with van der Waals surface area (Å²) in [5, 5.41) is 0. The van der Waals surface area contributed by atoms with Crippen molar-refractivity contribution < 1.29 is 13.2 Å². The molecular formula is C10H17ClN2O3S2.